The first-order valence-corrected chi connectivity index (χ1v) is 9.49. The molecule has 133 valence electrons. The van der Waals surface area contributed by atoms with E-state index in [-0.39, 0.29) is 17.1 Å². The standard InChI is InChI=1S/C19H38O2.Mn/c1-2-3-4-5-6-7-8-9-10-11-12-13-14-15-16-17-18-19(20)21;/h2-18H2,1H3,(H,20,21);. The molecule has 0 amide bonds. The van der Waals surface area contributed by atoms with Crippen LogP contribution in [0.15, 0.2) is 0 Å². The van der Waals surface area contributed by atoms with Crippen LogP contribution in [0.5, 0.6) is 0 Å². The van der Waals surface area contributed by atoms with Gasteiger partial charge in [-0.25, -0.2) is 0 Å². The van der Waals surface area contributed by atoms with Crippen molar-refractivity contribution in [2.24, 2.45) is 0 Å². The van der Waals surface area contributed by atoms with Gasteiger partial charge in [-0.3, -0.25) is 4.79 Å². The first kappa shape index (κ1) is 24.2. The van der Waals surface area contributed by atoms with Crippen molar-refractivity contribution in [3.63, 3.8) is 0 Å². The van der Waals surface area contributed by atoms with Gasteiger partial charge in [0, 0.05) is 23.5 Å². The maximum absolute atomic E-state index is 10.3. The molecule has 22 heavy (non-hydrogen) atoms. The molecule has 0 aliphatic heterocycles. The van der Waals surface area contributed by atoms with E-state index in [9.17, 15) is 4.79 Å². The zero-order valence-corrected chi connectivity index (χ0v) is 15.9. The summed E-state index contributed by atoms with van der Waals surface area (Å²) in [7, 11) is 0. The minimum Gasteiger partial charge on any atom is -0.481 e. The van der Waals surface area contributed by atoms with Gasteiger partial charge in [-0.1, -0.05) is 103 Å². The molecule has 0 fully saturated rings. The number of aliphatic carboxylic acids is 1. The van der Waals surface area contributed by atoms with Gasteiger partial charge >= 0.3 is 5.97 Å². The minimum atomic E-state index is -0.652. The summed E-state index contributed by atoms with van der Waals surface area (Å²) in [4.78, 5) is 10.3. The average Bonchev–Trinajstić information content (AvgIpc) is 2.46. The second kappa shape index (κ2) is 21.0. The Hall–Kier alpha value is -0.0105. The van der Waals surface area contributed by atoms with Crippen LogP contribution < -0.4 is 0 Å². The Kier molecular flexibility index (Phi) is 23.1. The molecule has 3 heteroatoms. The van der Waals surface area contributed by atoms with Crippen LogP contribution in [-0.2, 0) is 21.9 Å². The van der Waals surface area contributed by atoms with Crippen molar-refractivity contribution in [2.45, 2.75) is 116 Å². The number of hydrogen-bond donors (Lipinski definition) is 1. The first-order chi connectivity index (χ1) is 10.3. The summed E-state index contributed by atoms with van der Waals surface area (Å²) in [5.74, 6) is -0.652. The minimum absolute atomic E-state index is 0. The predicted molar refractivity (Wildman–Crippen MR) is 91.8 cm³/mol. The van der Waals surface area contributed by atoms with Gasteiger partial charge < -0.3 is 5.11 Å². The molecule has 0 aromatic rings. The number of rotatable bonds is 17. The van der Waals surface area contributed by atoms with Gasteiger partial charge in [0.2, 0.25) is 0 Å². The summed E-state index contributed by atoms with van der Waals surface area (Å²) in [5.41, 5.74) is 0. The van der Waals surface area contributed by atoms with Crippen LogP contribution in [0, 0.1) is 0 Å². The van der Waals surface area contributed by atoms with Crippen LogP contribution in [0.25, 0.3) is 0 Å². The monoisotopic (exact) mass is 353 g/mol. The maximum atomic E-state index is 10.3. The molecule has 1 N–H and O–H groups in total. The SMILES string of the molecule is CCCCCCCCCCCCCCCCCCC(=O)O.[Mn]. The summed E-state index contributed by atoms with van der Waals surface area (Å²) in [5, 5.41) is 8.53. The molecule has 0 bridgehead atoms. The van der Waals surface area contributed by atoms with Gasteiger partial charge in [-0.15, -0.1) is 0 Å². The third kappa shape index (κ3) is 22.3. The van der Waals surface area contributed by atoms with Crippen LogP contribution in [-0.4, -0.2) is 11.1 Å². The molecule has 1 radical (unpaired) electrons. The molecule has 0 rings (SSSR count). The number of carboxylic acids is 1. The van der Waals surface area contributed by atoms with Crippen LogP contribution in [0.4, 0.5) is 0 Å². The molecule has 0 aromatic heterocycles. The third-order valence-corrected chi connectivity index (χ3v) is 4.24. The summed E-state index contributed by atoms with van der Waals surface area (Å²) in [6, 6.07) is 0. The molecule has 0 aromatic carbocycles. The van der Waals surface area contributed by atoms with Crippen LogP contribution in [0.1, 0.15) is 116 Å². The normalized spacial score (nSPS) is 10.4. The molecule has 0 aliphatic carbocycles. The summed E-state index contributed by atoms with van der Waals surface area (Å²) < 4.78 is 0. The van der Waals surface area contributed by atoms with Crippen LogP contribution >= 0.6 is 0 Å². The fourth-order valence-electron chi connectivity index (χ4n) is 2.82. The Balaban J connectivity index is 0. The topological polar surface area (TPSA) is 37.3 Å². The quantitative estimate of drug-likeness (QED) is 0.233. The second-order valence-corrected chi connectivity index (χ2v) is 6.45. The van der Waals surface area contributed by atoms with E-state index in [4.69, 9.17) is 5.11 Å². The van der Waals surface area contributed by atoms with Gasteiger partial charge in [0.05, 0.1) is 0 Å². The van der Waals surface area contributed by atoms with Crippen molar-refractivity contribution < 1.29 is 27.0 Å². The maximum Gasteiger partial charge on any atom is 0.303 e. The van der Waals surface area contributed by atoms with E-state index in [1.165, 1.54) is 89.9 Å². The zero-order valence-electron chi connectivity index (χ0n) is 14.8. The molecule has 0 spiro atoms. The molecule has 0 saturated heterocycles. The van der Waals surface area contributed by atoms with E-state index in [0.717, 1.165) is 12.8 Å². The Labute approximate surface area is 149 Å². The van der Waals surface area contributed by atoms with Crippen molar-refractivity contribution in [3.05, 3.63) is 0 Å². The molecule has 0 unspecified atom stereocenters. The van der Waals surface area contributed by atoms with Crippen molar-refractivity contribution in [1.82, 2.24) is 0 Å². The Morgan fingerprint density at radius 3 is 1.14 bits per heavy atom. The van der Waals surface area contributed by atoms with Crippen molar-refractivity contribution in [2.75, 3.05) is 0 Å². The van der Waals surface area contributed by atoms with Crippen molar-refractivity contribution >= 4 is 5.97 Å². The molecule has 0 saturated carbocycles. The van der Waals surface area contributed by atoms with Gasteiger partial charge in [-0.2, -0.15) is 0 Å². The first-order valence-electron chi connectivity index (χ1n) is 9.49. The molecule has 0 heterocycles. The average molecular weight is 353 g/mol. The number of carbonyl (C=O) groups is 1. The summed E-state index contributed by atoms with van der Waals surface area (Å²) in [6.07, 6.45) is 21.7. The van der Waals surface area contributed by atoms with E-state index < -0.39 is 5.97 Å². The van der Waals surface area contributed by atoms with E-state index in [1.807, 2.05) is 0 Å². The van der Waals surface area contributed by atoms with Gasteiger partial charge in [0.15, 0.2) is 0 Å². The van der Waals surface area contributed by atoms with E-state index in [0.29, 0.717) is 6.42 Å². The smallest absolute Gasteiger partial charge is 0.303 e. The predicted octanol–water partition coefficient (Wildman–Crippen LogP) is 6.72. The Morgan fingerprint density at radius 2 is 0.864 bits per heavy atom. The van der Waals surface area contributed by atoms with E-state index >= 15 is 0 Å². The van der Waals surface area contributed by atoms with E-state index in [1.54, 1.807) is 0 Å². The number of unbranched alkanes of at least 4 members (excludes halogenated alkanes) is 15. The van der Waals surface area contributed by atoms with Gasteiger partial charge in [-0.05, 0) is 6.42 Å². The molecule has 2 nitrogen and oxygen atoms in total. The molecule has 0 aliphatic rings. The van der Waals surface area contributed by atoms with Crippen molar-refractivity contribution in [1.29, 1.82) is 0 Å². The Bertz CT molecular complexity index is 219. The molecule has 0 atom stereocenters. The van der Waals surface area contributed by atoms with Gasteiger partial charge in [0.25, 0.3) is 0 Å². The van der Waals surface area contributed by atoms with E-state index in [2.05, 4.69) is 6.92 Å². The number of carboxylic acid groups (broad SMARTS) is 1. The van der Waals surface area contributed by atoms with Crippen molar-refractivity contribution in [3.8, 4) is 0 Å². The fraction of sp³-hybridized carbons (Fsp3) is 0.947. The second-order valence-electron chi connectivity index (χ2n) is 6.45. The summed E-state index contributed by atoms with van der Waals surface area (Å²) in [6.45, 7) is 2.27. The number of hydrogen-bond acceptors (Lipinski definition) is 1. The largest absolute Gasteiger partial charge is 0.481 e. The van der Waals surface area contributed by atoms with Crippen LogP contribution in [0.3, 0.4) is 0 Å². The fourth-order valence-corrected chi connectivity index (χ4v) is 2.82. The summed E-state index contributed by atoms with van der Waals surface area (Å²) >= 11 is 0. The van der Waals surface area contributed by atoms with Crippen LogP contribution in [0.2, 0.25) is 0 Å². The third-order valence-electron chi connectivity index (χ3n) is 4.24. The van der Waals surface area contributed by atoms with Gasteiger partial charge in [0.1, 0.15) is 0 Å². The Morgan fingerprint density at radius 1 is 0.591 bits per heavy atom. The molecular formula is C19H38MnO2. The zero-order chi connectivity index (χ0) is 15.6. The molecular weight excluding hydrogens is 315 g/mol.